The average Bonchev–Trinajstić information content (AvgIpc) is 2.69. The Bertz CT molecular complexity index is 1150. The SMILES string of the molecule is Cc1cc2oc(=O)cc(COC(=O)CCCOc3ccc(Cl)cc3Cl)c2cc1C(C)C. The predicted molar refractivity (Wildman–Crippen MR) is 122 cm³/mol. The quantitative estimate of drug-likeness (QED) is 0.219. The van der Waals surface area contributed by atoms with Crippen LogP contribution in [0.4, 0.5) is 0 Å². The van der Waals surface area contributed by atoms with Crippen molar-refractivity contribution in [3.8, 4) is 5.75 Å². The van der Waals surface area contributed by atoms with Crippen molar-refractivity contribution in [2.24, 2.45) is 0 Å². The molecule has 0 aliphatic rings. The van der Waals surface area contributed by atoms with Crippen LogP contribution in [0.15, 0.2) is 45.6 Å². The van der Waals surface area contributed by atoms with Gasteiger partial charge in [0, 0.05) is 28.5 Å². The monoisotopic (exact) mass is 462 g/mol. The van der Waals surface area contributed by atoms with E-state index in [-0.39, 0.29) is 19.0 Å². The zero-order valence-corrected chi connectivity index (χ0v) is 19.2. The molecule has 0 fully saturated rings. The molecule has 2 aromatic carbocycles. The average molecular weight is 463 g/mol. The van der Waals surface area contributed by atoms with Crippen molar-refractivity contribution < 1.29 is 18.7 Å². The van der Waals surface area contributed by atoms with Crippen LogP contribution in [0.3, 0.4) is 0 Å². The number of hydrogen-bond donors (Lipinski definition) is 0. The molecule has 0 aliphatic heterocycles. The second-order valence-corrected chi connectivity index (χ2v) is 8.48. The Morgan fingerprint density at radius 2 is 1.90 bits per heavy atom. The topological polar surface area (TPSA) is 65.7 Å². The fourth-order valence-electron chi connectivity index (χ4n) is 3.35. The first-order chi connectivity index (χ1) is 14.7. The van der Waals surface area contributed by atoms with Gasteiger partial charge in [0.15, 0.2) is 0 Å². The van der Waals surface area contributed by atoms with Gasteiger partial charge in [-0.2, -0.15) is 0 Å². The van der Waals surface area contributed by atoms with Gasteiger partial charge in [0.25, 0.3) is 0 Å². The number of hydrogen-bond acceptors (Lipinski definition) is 5. The zero-order chi connectivity index (χ0) is 22.5. The largest absolute Gasteiger partial charge is 0.492 e. The van der Waals surface area contributed by atoms with Crippen LogP contribution in [-0.4, -0.2) is 12.6 Å². The van der Waals surface area contributed by atoms with Crippen molar-refractivity contribution in [3.05, 3.63) is 73.6 Å². The van der Waals surface area contributed by atoms with Crippen LogP contribution in [0.2, 0.25) is 10.0 Å². The summed E-state index contributed by atoms with van der Waals surface area (Å²) in [4.78, 5) is 24.1. The summed E-state index contributed by atoms with van der Waals surface area (Å²) in [6.07, 6.45) is 0.646. The van der Waals surface area contributed by atoms with Crippen LogP contribution in [-0.2, 0) is 16.1 Å². The molecule has 1 aromatic heterocycles. The highest BCUT2D eigenvalue weighted by Gasteiger charge is 2.13. The molecule has 3 rings (SSSR count). The standard InChI is InChI=1S/C24H24Cl2O5/c1-14(2)18-12-19-16(10-24(28)31-22(19)9-15(18)3)13-30-23(27)5-4-8-29-21-7-6-17(25)11-20(21)26/h6-7,9-12,14H,4-5,8,13H2,1-3H3. The lowest BCUT2D eigenvalue weighted by molar-refractivity contribution is -0.145. The number of carbonyl (C=O) groups excluding carboxylic acids is 1. The second-order valence-electron chi connectivity index (χ2n) is 7.64. The van der Waals surface area contributed by atoms with Gasteiger partial charge in [-0.1, -0.05) is 37.0 Å². The molecule has 31 heavy (non-hydrogen) atoms. The Balaban J connectivity index is 1.59. The third-order valence-electron chi connectivity index (χ3n) is 4.90. The van der Waals surface area contributed by atoms with Crippen molar-refractivity contribution in [1.29, 1.82) is 0 Å². The van der Waals surface area contributed by atoms with Crippen LogP contribution >= 0.6 is 23.2 Å². The molecule has 0 saturated carbocycles. The number of esters is 1. The lowest BCUT2D eigenvalue weighted by atomic mass is 9.95. The molecule has 0 atom stereocenters. The smallest absolute Gasteiger partial charge is 0.336 e. The molecular weight excluding hydrogens is 439 g/mol. The maximum absolute atomic E-state index is 12.2. The molecule has 0 unspecified atom stereocenters. The van der Waals surface area contributed by atoms with E-state index < -0.39 is 5.63 Å². The number of aryl methyl sites for hydroxylation is 1. The number of fused-ring (bicyclic) bond motifs is 1. The maximum Gasteiger partial charge on any atom is 0.336 e. The van der Waals surface area contributed by atoms with E-state index in [1.165, 1.54) is 6.07 Å². The Morgan fingerprint density at radius 3 is 2.61 bits per heavy atom. The highest BCUT2D eigenvalue weighted by Crippen LogP contribution is 2.28. The van der Waals surface area contributed by atoms with Crippen LogP contribution < -0.4 is 10.4 Å². The van der Waals surface area contributed by atoms with Gasteiger partial charge < -0.3 is 13.9 Å². The number of benzene rings is 2. The lowest BCUT2D eigenvalue weighted by Gasteiger charge is -2.13. The van der Waals surface area contributed by atoms with E-state index in [1.54, 1.807) is 18.2 Å². The van der Waals surface area contributed by atoms with E-state index in [0.717, 1.165) is 16.5 Å². The van der Waals surface area contributed by atoms with Crippen molar-refractivity contribution >= 4 is 40.1 Å². The van der Waals surface area contributed by atoms with Gasteiger partial charge in [0.1, 0.15) is 17.9 Å². The molecule has 0 amide bonds. The summed E-state index contributed by atoms with van der Waals surface area (Å²) < 4.78 is 16.3. The number of ether oxygens (including phenoxy) is 2. The number of carbonyl (C=O) groups is 1. The van der Waals surface area contributed by atoms with Gasteiger partial charge in [-0.3, -0.25) is 4.79 Å². The van der Waals surface area contributed by atoms with Gasteiger partial charge in [-0.25, -0.2) is 4.79 Å². The first kappa shape index (κ1) is 23.2. The van der Waals surface area contributed by atoms with Crippen molar-refractivity contribution in [3.63, 3.8) is 0 Å². The van der Waals surface area contributed by atoms with E-state index in [2.05, 4.69) is 13.8 Å². The molecule has 0 N–H and O–H groups in total. The minimum Gasteiger partial charge on any atom is -0.492 e. The van der Waals surface area contributed by atoms with Crippen molar-refractivity contribution in [2.75, 3.05) is 6.61 Å². The Kier molecular flexibility index (Phi) is 7.63. The maximum atomic E-state index is 12.2. The van der Waals surface area contributed by atoms with E-state index in [4.69, 9.17) is 37.1 Å². The van der Waals surface area contributed by atoms with Crippen molar-refractivity contribution in [1.82, 2.24) is 0 Å². The molecule has 0 spiro atoms. The molecule has 0 aliphatic carbocycles. The van der Waals surface area contributed by atoms with Crippen LogP contribution in [0.25, 0.3) is 11.0 Å². The first-order valence-corrected chi connectivity index (χ1v) is 10.8. The highest BCUT2D eigenvalue weighted by atomic mass is 35.5. The van der Waals surface area contributed by atoms with Crippen LogP contribution in [0.5, 0.6) is 5.75 Å². The van der Waals surface area contributed by atoms with E-state index in [1.807, 2.05) is 19.1 Å². The summed E-state index contributed by atoms with van der Waals surface area (Å²) in [6, 6.07) is 10.2. The van der Waals surface area contributed by atoms with E-state index >= 15 is 0 Å². The van der Waals surface area contributed by atoms with E-state index in [0.29, 0.717) is 45.9 Å². The Hall–Kier alpha value is -2.50. The third kappa shape index (κ3) is 6.02. The van der Waals surface area contributed by atoms with Crippen LogP contribution in [0.1, 0.15) is 49.3 Å². The molecule has 164 valence electrons. The molecule has 0 bridgehead atoms. The van der Waals surface area contributed by atoms with Gasteiger partial charge in [-0.15, -0.1) is 0 Å². The summed E-state index contributed by atoms with van der Waals surface area (Å²) >= 11 is 11.9. The summed E-state index contributed by atoms with van der Waals surface area (Å²) in [5.41, 5.74) is 2.87. The van der Waals surface area contributed by atoms with Gasteiger partial charge in [0.2, 0.25) is 0 Å². The molecule has 7 heteroatoms. The summed E-state index contributed by atoms with van der Waals surface area (Å²) in [5, 5.41) is 1.72. The van der Waals surface area contributed by atoms with Crippen molar-refractivity contribution in [2.45, 2.75) is 46.1 Å². The van der Waals surface area contributed by atoms with Gasteiger partial charge in [0.05, 0.1) is 11.6 Å². The minimum absolute atomic E-state index is 0.00536. The molecular formula is C24H24Cl2O5. The lowest BCUT2D eigenvalue weighted by Crippen LogP contribution is -2.09. The minimum atomic E-state index is -0.469. The second kappa shape index (κ2) is 10.2. The first-order valence-electron chi connectivity index (χ1n) is 10.1. The molecule has 0 radical (unpaired) electrons. The van der Waals surface area contributed by atoms with Gasteiger partial charge in [-0.05, 0) is 60.7 Å². The molecule has 1 heterocycles. The number of rotatable bonds is 8. The Morgan fingerprint density at radius 1 is 1.13 bits per heavy atom. The summed E-state index contributed by atoms with van der Waals surface area (Å²) in [5.74, 6) is 0.461. The zero-order valence-electron chi connectivity index (χ0n) is 17.7. The fraction of sp³-hybridized carbons (Fsp3) is 0.333. The highest BCUT2D eigenvalue weighted by molar-refractivity contribution is 6.35. The molecule has 0 saturated heterocycles. The van der Waals surface area contributed by atoms with Gasteiger partial charge >= 0.3 is 11.6 Å². The molecule has 5 nitrogen and oxygen atoms in total. The van der Waals surface area contributed by atoms with Crippen LogP contribution in [0, 0.1) is 6.92 Å². The fourth-order valence-corrected chi connectivity index (χ4v) is 3.82. The molecule has 3 aromatic rings. The van der Waals surface area contributed by atoms with E-state index in [9.17, 15) is 9.59 Å². The Labute approximate surface area is 190 Å². The number of halogens is 2. The predicted octanol–water partition coefficient (Wildman–Crippen LogP) is 6.43. The summed E-state index contributed by atoms with van der Waals surface area (Å²) in [6.45, 7) is 6.51. The summed E-state index contributed by atoms with van der Waals surface area (Å²) in [7, 11) is 0. The third-order valence-corrected chi connectivity index (χ3v) is 5.43. The normalized spacial score (nSPS) is 11.2.